The summed E-state index contributed by atoms with van der Waals surface area (Å²) in [7, 11) is 0. The van der Waals surface area contributed by atoms with E-state index in [-0.39, 0.29) is 6.04 Å². The zero-order valence-corrected chi connectivity index (χ0v) is 15.3. The van der Waals surface area contributed by atoms with E-state index in [1.807, 2.05) is 24.4 Å². The van der Waals surface area contributed by atoms with Crippen molar-refractivity contribution in [1.82, 2.24) is 4.98 Å². The fourth-order valence-corrected chi connectivity index (χ4v) is 3.37. The van der Waals surface area contributed by atoms with Crippen molar-refractivity contribution in [2.45, 2.75) is 39.2 Å². The summed E-state index contributed by atoms with van der Waals surface area (Å²) >= 11 is 0. The molecule has 0 saturated heterocycles. The molecule has 0 bridgehead atoms. The van der Waals surface area contributed by atoms with E-state index in [1.54, 1.807) is 6.07 Å². The highest BCUT2D eigenvalue weighted by Crippen LogP contribution is 2.33. The predicted octanol–water partition coefficient (Wildman–Crippen LogP) is 4.85. The molecule has 3 rings (SSSR count). The number of carbonyl (C=O) groups excluding carboxylic acids is 1. The highest BCUT2D eigenvalue weighted by atomic mass is 16.1. The second-order valence-corrected chi connectivity index (χ2v) is 6.47. The summed E-state index contributed by atoms with van der Waals surface area (Å²) in [6.45, 7) is 4.30. The molecule has 1 amide bonds. The average Bonchev–Trinajstić information content (AvgIpc) is 2.67. The molecule has 134 valence electrons. The minimum atomic E-state index is -0.452. The topological polar surface area (TPSA) is 68.0 Å². The summed E-state index contributed by atoms with van der Waals surface area (Å²) in [5.74, 6) is -0.452. The molecule has 0 spiro atoms. The molecule has 4 heteroatoms. The van der Waals surface area contributed by atoms with Crippen molar-refractivity contribution in [2.75, 3.05) is 5.32 Å². The Morgan fingerprint density at radius 2 is 1.88 bits per heavy atom. The molecule has 0 saturated carbocycles. The number of carbonyl (C=O) groups is 1. The number of fused-ring (bicyclic) bond motifs is 1. The first-order valence-corrected chi connectivity index (χ1v) is 9.17. The lowest BCUT2D eigenvalue weighted by atomic mass is 9.99. The summed E-state index contributed by atoms with van der Waals surface area (Å²) in [5.41, 5.74) is 10.1. The van der Waals surface area contributed by atoms with Gasteiger partial charge in [0, 0.05) is 17.3 Å². The van der Waals surface area contributed by atoms with Crippen LogP contribution in [0.5, 0.6) is 0 Å². The van der Waals surface area contributed by atoms with Crippen molar-refractivity contribution in [2.24, 2.45) is 5.73 Å². The third kappa shape index (κ3) is 3.54. The molecule has 1 heterocycles. The lowest BCUT2D eigenvalue weighted by molar-refractivity contribution is 0.100. The Hall–Kier alpha value is -2.88. The third-order valence-electron chi connectivity index (χ3n) is 4.72. The number of nitrogens with two attached hydrogens (primary N) is 1. The summed E-state index contributed by atoms with van der Waals surface area (Å²) in [6.07, 6.45) is 4.81. The Balaban J connectivity index is 2.13. The summed E-state index contributed by atoms with van der Waals surface area (Å²) in [4.78, 5) is 16.3. The van der Waals surface area contributed by atoms with Gasteiger partial charge in [-0.3, -0.25) is 9.78 Å². The molecule has 0 aliphatic rings. The molecule has 0 radical (unpaired) electrons. The zero-order valence-electron chi connectivity index (χ0n) is 15.3. The Labute approximate surface area is 154 Å². The van der Waals surface area contributed by atoms with E-state index in [0.717, 1.165) is 35.9 Å². The molecule has 1 atom stereocenters. The van der Waals surface area contributed by atoms with Crippen molar-refractivity contribution < 1.29 is 4.79 Å². The van der Waals surface area contributed by atoms with Gasteiger partial charge in [0.15, 0.2) is 0 Å². The van der Waals surface area contributed by atoms with Gasteiger partial charge in [0.1, 0.15) is 0 Å². The number of nitrogens with zero attached hydrogens (tertiary/aromatic N) is 1. The molecule has 2 aromatic carbocycles. The smallest absolute Gasteiger partial charge is 0.250 e. The molecule has 3 N–H and O–H groups in total. The number of amides is 1. The van der Waals surface area contributed by atoms with Crippen LogP contribution in [0.1, 0.15) is 54.2 Å². The van der Waals surface area contributed by atoms with Crippen LogP contribution in [-0.4, -0.2) is 10.9 Å². The maximum Gasteiger partial charge on any atom is 0.250 e. The van der Waals surface area contributed by atoms with Gasteiger partial charge < -0.3 is 11.1 Å². The summed E-state index contributed by atoms with van der Waals surface area (Å²) in [6, 6.07) is 16.3. The van der Waals surface area contributed by atoms with Gasteiger partial charge in [0.05, 0.1) is 17.1 Å². The lowest BCUT2D eigenvalue weighted by Crippen LogP contribution is -2.15. The van der Waals surface area contributed by atoms with E-state index < -0.39 is 5.91 Å². The van der Waals surface area contributed by atoms with Gasteiger partial charge in [-0.25, -0.2) is 0 Å². The molecule has 1 aromatic heterocycles. The fraction of sp³-hybridized carbons (Fsp3) is 0.273. The SMILES string of the molecule is CCC[C@@H](Nc1c(CC)cnc2c(C(N)=O)cccc12)c1ccccc1. The number of anilines is 1. The van der Waals surface area contributed by atoms with Gasteiger partial charge in [-0.2, -0.15) is 0 Å². The second kappa shape index (κ2) is 8.00. The van der Waals surface area contributed by atoms with E-state index in [2.05, 4.69) is 48.4 Å². The second-order valence-electron chi connectivity index (χ2n) is 6.47. The first kappa shape index (κ1) is 17.9. The van der Waals surface area contributed by atoms with Crippen LogP contribution in [0.2, 0.25) is 0 Å². The number of hydrogen-bond donors (Lipinski definition) is 2. The van der Waals surface area contributed by atoms with Crippen molar-refractivity contribution in [3.8, 4) is 0 Å². The van der Waals surface area contributed by atoms with E-state index in [4.69, 9.17) is 5.73 Å². The largest absolute Gasteiger partial charge is 0.377 e. The minimum Gasteiger partial charge on any atom is -0.377 e. The first-order chi connectivity index (χ1) is 12.7. The van der Waals surface area contributed by atoms with Gasteiger partial charge in [-0.15, -0.1) is 0 Å². The molecule has 0 fully saturated rings. The average molecular weight is 347 g/mol. The van der Waals surface area contributed by atoms with Crippen molar-refractivity contribution in [3.63, 3.8) is 0 Å². The number of rotatable bonds is 7. The predicted molar refractivity (Wildman–Crippen MR) is 107 cm³/mol. The first-order valence-electron chi connectivity index (χ1n) is 9.17. The standard InChI is InChI=1S/C22H25N3O/c1-3-9-19(16-10-6-5-7-11-16)25-20-15(4-2)14-24-21-17(20)12-8-13-18(21)22(23)26/h5-8,10-14,19H,3-4,9H2,1-2H3,(H2,23,26)(H,24,25)/t19-/m1/s1. The summed E-state index contributed by atoms with van der Waals surface area (Å²) < 4.78 is 0. The van der Waals surface area contributed by atoms with Crippen LogP contribution in [0, 0.1) is 0 Å². The Bertz CT molecular complexity index is 906. The molecule has 3 aromatic rings. The minimum absolute atomic E-state index is 0.203. The molecule has 0 aliphatic heterocycles. The Morgan fingerprint density at radius 1 is 1.12 bits per heavy atom. The number of benzene rings is 2. The highest BCUT2D eigenvalue weighted by Gasteiger charge is 2.17. The number of nitrogens with one attached hydrogen (secondary N) is 1. The van der Waals surface area contributed by atoms with Gasteiger partial charge in [-0.1, -0.05) is 62.7 Å². The van der Waals surface area contributed by atoms with Crippen LogP contribution < -0.4 is 11.1 Å². The van der Waals surface area contributed by atoms with E-state index >= 15 is 0 Å². The fourth-order valence-electron chi connectivity index (χ4n) is 3.37. The van der Waals surface area contributed by atoms with Gasteiger partial charge in [0.25, 0.3) is 5.91 Å². The summed E-state index contributed by atoms with van der Waals surface area (Å²) in [5, 5.41) is 4.68. The molecule has 26 heavy (non-hydrogen) atoms. The number of primary amides is 1. The quantitative estimate of drug-likeness (QED) is 0.642. The van der Waals surface area contributed by atoms with Crippen molar-refractivity contribution in [1.29, 1.82) is 0 Å². The van der Waals surface area contributed by atoms with Crippen LogP contribution in [0.3, 0.4) is 0 Å². The van der Waals surface area contributed by atoms with E-state index in [9.17, 15) is 4.79 Å². The third-order valence-corrected chi connectivity index (χ3v) is 4.72. The van der Waals surface area contributed by atoms with E-state index in [1.165, 1.54) is 5.56 Å². The van der Waals surface area contributed by atoms with Crippen LogP contribution in [0.4, 0.5) is 5.69 Å². The Kier molecular flexibility index (Phi) is 5.52. The number of hydrogen-bond acceptors (Lipinski definition) is 3. The highest BCUT2D eigenvalue weighted by molar-refractivity contribution is 6.08. The van der Waals surface area contributed by atoms with Crippen molar-refractivity contribution >= 4 is 22.5 Å². The molecular weight excluding hydrogens is 322 g/mol. The lowest BCUT2D eigenvalue weighted by Gasteiger charge is -2.23. The maximum atomic E-state index is 11.8. The van der Waals surface area contributed by atoms with Crippen LogP contribution in [0.15, 0.2) is 54.7 Å². The molecule has 0 aliphatic carbocycles. The molecular formula is C22H25N3O. The van der Waals surface area contributed by atoms with Crippen LogP contribution in [-0.2, 0) is 6.42 Å². The maximum absolute atomic E-state index is 11.8. The Morgan fingerprint density at radius 3 is 2.54 bits per heavy atom. The van der Waals surface area contributed by atoms with Crippen LogP contribution in [0.25, 0.3) is 10.9 Å². The van der Waals surface area contributed by atoms with E-state index in [0.29, 0.717) is 11.1 Å². The van der Waals surface area contributed by atoms with Crippen molar-refractivity contribution in [3.05, 3.63) is 71.4 Å². The van der Waals surface area contributed by atoms with Gasteiger partial charge >= 0.3 is 0 Å². The molecule has 4 nitrogen and oxygen atoms in total. The number of aryl methyl sites for hydroxylation is 1. The number of pyridine rings is 1. The zero-order chi connectivity index (χ0) is 18.5. The number of para-hydroxylation sites is 1. The van der Waals surface area contributed by atoms with Gasteiger partial charge in [0.2, 0.25) is 0 Å². The monoisotopic (exact) mass is 347 g/mol. The van der Waals surface area contributed by atoms with Crippen LogP contribution >= 0.6 is 0 Å². The molecule has 0 unspecified atom stereocenters. The number of aromatic nitrogens is 1. The van der Waals surface area contributed by atoms with Gasteiger partial charge in [-0.05, 0) is 30.0 Å². The normalized spacial score (nSPS) is 12.1.